The molecule has 3 aromatic rings. The van der Waals surface area contributed by atoms with Crippen LogP contribution in [0.5, 0.6) is 0 Å². The second-order valence-corrected chi connectivity index (χ2v) is 6.90. The summed E-state index contributed by atoms with van der Waals surface area (Å²) < 4.78 is 7.64. The van der Waals surface area contributed by atoms with Crippen LogP contribution < -0.4 is 0 Å². The molecule has 2 aromatic carbocycles. The number of nitrogens with zero attached hydrogens (tertiary/aromatic N) is 2. The summed E-state index contributed by atoms with van der Waals surface area (Å²) in [6.07, 6.45) is 2.02. The largest absolute Gasteiger partial charge is 0.379 e. The van der Waals surface area contributed by atoms with Gasteiger partial charge in [0.25, 0.3) is 0 Å². The lowest BCUT2D eigenvalue weighted by Crippen LogP contribution is -2.38. The van der Waals surface area contributed by atoms with Crippen LogP contribution in [0.4, 0.5) is 0 Å². The minimum Gasteiger partial charge on any atom is -0.379 e. The number of carbonyl (C=O) groups is 1. The maximum atomic E-state index is 13.1. The summed E-state index contributed by atoms with van der Waals surface area (Å²) >= 11 is 0. The van der Waals surface area contributed by atoms with Gasteiger partial charge in [-0.3, -0.25) is 9.69 Å². The van der Waals surface area contributed by atoms with E-state index in [0.717, 1.165) is 67.0 Å². The summed E-state index contributed by atoms with van der Waals surface area (Å²) in [4.78, 5) is 15.5. The molecule has 4 nitrogen and oxygen atoms in total. The van der Waals surface area contributed by atoms with E-state index in [9.17, 15) is 4.79 Å². The third-order valence-corrected chi connectivity index (χ3v) is 5.11. The predicted molar refractivity (Wildman–Crippen MR) is 104 cm³/mol. The molecule has 4 heteroatoms. The molecule has 2 heterocycles. The van der Waals surface area contributed by atoms with Crippen molar-refractivity contribution < 1.29 is 9.53 Å². The SMILES string of the molecule is Cc1ccc(C(=O)c2cn(CCN3CCOCC3)c3ccccc23)cc1. The molecular formula is C22H24N2O2. The highest BCUT2D eigenvalue weighted by Gasteiger charge is 2.17. The van der Waals surface area contributed by atoms with E-state index in [-0.39, 0.29) is 5.78 Å². The van der Waals surface area contributed by atoms with Crippen LogP contribution in [0.2, 0.25) is 0 Å². The summed E-state index contributed by atoms with van der Waals surface area (Å²) in [6, 6.07) is 16.0. The van der Waals surface area contributed by atoms with Gasteiger partial charge in [0.05, 0.1) is 13.2 Å². The van der Waals surface area contributed by atoms with Crippen LogP contribution >= 0.6 is 0 Å². The molecule has 0 radical (unpaired) electrons. The Morgan fingerprint density at radius 2 is 1.73 bits per heavy atom. The first kappa shape index (κ1) is 17.0. The predicted octanol–water partition coefficient (Wildman–Crippen LogP) is 3.51. The minimum absolute atomic E-state index is 0.0892. The first-order valence-corrected chi connectivity index (χ1v) is 9.22. The Morgan fingerprint density at radius 3 is 2.50 bits per heavy atom. The molecule has 1 aromatic heterocycles. The average molecular weight is 348 g/mol. The standard InChI is InChI=1S/C22H24N2O2/c1-17-6-8-18(9-7-17)22(25)20-16-24(21-5-3-2-4-19(20)21)11-10-23-12-14-26-15-13-23/h2-9,16H,10-15H2,1H3. The molecule has 4 rings (SSSR count). The van der Waals surface area contributed by atoms with Gasteiger partial charge in [0.1, 0.15) is 0 Å². The number of para-hydroxylation sites is 1. The van der Waals surface area contributed by atoms with Gasteiger partial charge in [0.15, 0.2) is 5.78 Å². The highest BCUT2D eigenvalue weighted by Crippen LogP contribution is 2.24. The number of benzene rings is 2. The van der Waals surface area contributed by atoms with E-state index in [1.54, 1.807) is 0 Å². The van der Waals surface area contributed by atoms with Gasteiger partial charge < -0.3 is 9.30 Å². The normalized spacial score (nSPS) is 15.4. The molecule has 1 aliphatic rings. The van der Waals surface area contributed by atoms with E-state index in [1.165, 1.54) is 0 Å². The molecule has 26 heavy (non-hydrogen) atoms. The van der Waals surface area contributed by atoms with Crippen molar-refractivity contribution >= 4 is 16.7 Å². The zero-order valence-electron chi connectivity index (χ0n) is 15.1. The van der Waals surface area contributed by atoms with Gasteiger partial charge in [0, 0.05) is 54.4 Å². The molecule has 0 aliphatic carbocycles. The van der Waals surface area contributed by atoms with Crippen LogP contribution in [0.3, 0.4) is 0 Å². The summed E-state index contributed by atoms with van der Waals surface area (Å²) in [5, 5.41) is 1.03. The van der Waals surface area contributed by atoms with Crippen molar-refractivity contribution in [2.75, 3.05) is 32.8 Å². The molecule has 0 atom stereocenters. The molecule has 1 fully saturated rings. The molecule has 134 valence electrons. The summed E-state index contributed by atoms with van der Waals surface area (Å²) in [5.41, 5.74) is 3.81. The van der Waals surface area contributed by atoms with Gasteiger partial charge in [-0.05, 0) is 13.0 Å². The van der Waals surface area contributed by atoms with Crippen LogP contribution in [-0.2, 0) is 11.3 Å². The third-order valence-electron chi connectivity index (χ3n) is 5.11. The number of aromatic nitrogens is 1. The Kier molecular flexibility index (Phi) is 4.87. The topological polar surface area (TPSA) is 34.5 Å². The van der Waals surface area contributed by atoms with Crippen LogP contribution in [0.25, 0.3) is 10.9 Å². The lowest BCUT2D eigenvalue weighted by molar-refractivity contribution is 0.0365. The number of ether oxygens (including phenoxy) is 1. The Morgan fingerprint density at radius 1 is 1.00 bits per heavy atom. The Balaban J connectivity index is 1.63. The number of morpholine rings is 1. The zero-order valence-corrected chi connectivity index (χ0v) is 15.1. The van der Waals surface area contributed by atoms with Crippen LogP contribution in [0.1, 0.15) is 21.5 Å². The number of hydrogen-bond donors (Lipinski definition) is 0. The first-order chi connectivity index (χ1) is 12.7. The highest BCUT2D eigenvalue weighted by atomic mass is 16.5. The van der Waals surface area contributed by atoms with Gasteiger partial charge in [-0.1, -0.05) is 48.0 Å². The maximum Gasteiger partial charge on any atom is 0.195 e. The molecule has 0 amide bonds. The fourth-order valence-electron chi connectivity index (χ4n) is 3.55. The maximum absolute atomic E-state index is 13.1. The lowest BCUT2D eigenvalue weighted by atomic mass is 10.0. The van der Waals surface area contributed by atoms with Gasteiger partial charge in [0.2, 0.25) is 0 Å². The van der Waals surface area contributed by atoms with Crippen LogP contribution in [0, 0.1) is 6.92 Å². The molecule has 0 saturated carbocycles. The van der Waals surface area contributed by atoms with E-state index in [2.05, 4.69) is 15.5 Å². The van der Waals surface area contributed by atoms with Gasteiger partial charge in [-0.2, -0.15) is 0 Å². The fourth-order valence-corrected chi connectivity index (χ4v) is 3.55. The summed E-state index contributed by atoms with van der Waals surface area (Å²) in [5.74, 6) is 0.0892. The van der Waals surface area contributed by atoms with Crippen molar-refractivity contribution in [2.24, 2.45) is 0 Å². The third kappa shape index (κ3) is 3.43. The van der Waals surface area contributed by atoms with E-state index < -0.39 is 0 Å². The summed E-state index contributed by atoms with van der Waals surface area (Å²) in [6.45, 7) is 7.46. The van der Waals surface area contributed by atoms with Crippen LogP contribution in [-0.4, -0.2) is 48.1 Å². The van der Waals surface area contributed by atoms with Crippen molar-refractivity contribution in [3.05, 3.63) is 71.4 Å². The molecule has 0 bridgehead atoms. The van der Waals surface area contributed by atoms with Gasteiger partial charge >= 0.3 is 0 Å². The Hall–Kier alpha value is -2.43. The second-order valence-electron chi connectivity index (χ2n) is 6.90. The minimum atomic E-state index is 0.0892. The smallest absolute Gasteiger partial charge is 0.195 e. The summed E-state index contributed by atoms with van der Waals surface area (Å²) in [7, 11) is 0. The van der Waals surface area contributed by atoms with Crippen molar-refractivity contribution in [2.45, 2.75) is 13.5 Å². The highest BCUT2D eigenvalue weighted by molar-refractivity contribution is 6.16. The number of fused-ring (bicyclic) bond motifs is 1. The average Bonchev–Trinajstić information content (AvgIpc) is 3.06. The number of carbonyl (C=O) groups excluding carboxylic acids is 1. The number of hydrogen-bond acceptors (Lipinski definition) is 3. The Bertz CT molecular complexity index is 906. The van der Waals surface area contributed by atoms with E-state index in [0.29, 0.717) is 0 Å². The van der Waals surface area contributed by atoms with Crippen molar-refractivity contribution in [1.29, 1.82) is 0 Å². The number of ketones is 1. The number of rotatable bonds is 5. The van der Waals surface area contributed by atoms with Crippen LogP contribution in [0.15, 0.2) is 54.7 Å². The second kappa shape index (κ2) is 7.44. The van der Waals surface area contributed by atoms with Gasteiger partial charge in [-0.25, -0.2) is 0 Å². The molecule has 1 saturated heterocycles. The van der Waals surface area contributed by atoms with Crippen molar-refractivity contribution in [3.63, 3.8) is 0 Å². The van der Waals surface area contributed by atoms with Crippen molar-refractivity contribution in [3.8, 4) is 0 Å². The van der Waals surface area contributed by atoms with E-state index in [1.807, 2.05) is 55.6 Å². The molecule has 0 N–H and O–H groups in total. The van der Waals surface area contributed by atoms with Gasteiger partial charge in [-0.15, -0.1) is 0 Å². The fraction of sp³-hybridized carbons (Fsp3) is 0.318. The molecule has 0 unspecified atom stereocenters. The molecular weight excluding hydrogens is 324 g/mol. The van der Waals surface area contributed by atoms with E-state index >= 15 is 0 Å². The monoisotopic (exact) mass is 348 g/mol. The Labute approximate surface area is 154 Å². The van der Waals surface area contributed by atoms with Crippen molar-refractivity contribution in [1.82, 2.24) is 9.47 Å². The zero-order chi connectivity index (χ0) is 17.9. The quantitative estimate of drug-likeness (QED) is 0.662. The lowest BCUT2D eigenvalue weighted by Gasteiger charge is -2.26. The molecule has 1 aliphatic heterocycles. The van der Waals surface area contributed by atoms with E-state index in [4.69, 9.17) is 4.74 Å². The molecule has 0 spiro atoms. The number of aryl methyl sites for hydroxylation is 1. The first-order valence-electron chi connectivity index (χ1n) is 9.22.